The molecule has 2 aromatic carbocycles. The van der Waals surface area contributed by atoms with E-state index in [-0.39, 0.29) is 5.63 Å². The average molecular weight is 435 g/mol. The second kappa shape index (κ2) is 9.25. The van der Waals surface area contributed by atoms with Gasteiger partial charge in [-0.25, -0.2) is 4.79 Å². The Labute approximate surface area is 188 Å². The second-order valence-electron chi connectivity index (χ2n) is 8.56. The predicted octanol–water partition coefficient (Wildman–Crippen LogP) is 3.88. The Bertz CT molecular complexity index is 1150. The smallest absolute Gasteiger partial charge is 0.339 e. The highest BCUT2D eigenvalue weighted by molar-refractivity contribution is 5.83. The van der Waals surface area contributed by atoms with Gasteiger partial charge in [0.15, 0.2) is 0 Å². The van der Waals surface area contributed by atoms with Crippen molar-refractivity contribution in [2.75, 3.05) is 51.3 Å². The lowest BCUT2D eigenvalue weighted by molar-refractivity contribution is 0.224. The molecule has 1 saturated heterocycles. The van der Waals surface area contributed by atoms with Gasteiger partial charge < -0.3 is 18.8 Å². The molecule has 6 nitrogen and oxygen atoms in total. The zero-order valence-electron chi connectivity index (χ0n) is 18.6. The summed E-state index contributed by atoms with van der Waals surface area (Å²) in [5.41, 5.74) is 3.65. The number of anilines is 1. The molecule has 1 aliphatic carbocycles. The fourth-order valence-corrected chi connectivity index (χ4v) is 4.94. The molecular weight excluding hydrogens is 404 g/mol. The van der Waals surface area contributed by atoms with Crippen LogP contribution in [0, 0.1) is 0 Å². The Hall–Kier alpha value is -2.99. The maximum absolute atomic E-state index is 12.2. The molecule has 2 heterocycles. The molecule has 32 heavy (non-hydrogen) atoms. The summed E-state index contributed by atoms with van der Waals surface area (Å²) in [6, 6.07) is 14.1. The van der Waals surface area contributed by atoms with Crippen LogP contribution in [0.2, 0.25) is 0 Å². The van der Waals surface area contributed by atoms with E-state index < -0.39 is 0 Å². The van der Waals surface area contributed by atoms with E-state index in [1.54, 1.807) is 7.11 Å². The molecule has 0 bridgehead atoms. The van der Waals surface area contributed by atoms with Crippen LogP contribution in [0.25, 0.3) is 11.0 Å². The normalized spacial score (nSPS) is 16.3. The Kier molecular flexibility index (Phi) is 6.04. The van der Waals surface area contributed by atoms with Gasteiger partial charge in [0.25, 0.3) is 0 Å². The minimum atomic E-state index is -0.186. The summed E-state index contributed by atoms with van der Waals surface area (Å²) in [5, 5.41) is 1.05. The first-order valence-electron chi connectivity index (χ1n) is 11.5. The van der Waals surface area contributed by atoms with E-state index in [0.717, 1.165) is 86.4 Å². The number of fused-ring (bicyclic) bond motifs is 3. The molecule has 2 aliphatic rings. The summed E-state index contributed by atoms with van der Waals surface area (Å²) >= 11 is 0. The van der Waals surface area contributed by atoms with Crippen molar-refractivity contribution in [3.63, 3.8) is 0 Å². The number of rotatable bonds is 7. The number of hydrogen-bond acceptors (Lipinski definition) is 6. The fraction of sp³-hybridized carbons (Fsp3) is 0.423. The summed E-state index contributed by atoms with van der Waals surface area (Å²) in [4.78, 5) is 17.1. The van der Waals surface area contributed by atoms with Crippen molar-refractivity contribution in [2.45, 2.75) is 25.7 Å². The number of hydrogen-bond donors (Lipinski definition) is 0. The molecule has 5 rings (SSSR count). The number of benzene rings is 2. The molecule has 6 heteroatoms. The van der Waals surface area contributed by atoms with Crippen molar-refractivity contribution in [1.29, 1.82) is 0 Å². The summed E-state index contributed by atoms with van der Waals surface area (Å²) < 4.78 is 17.0. The van der Waals surface area contributed by atoms with Crippen LogP contribution in [-0.4, -0.2) is 51.3 Å². The Balaban J connectivity index is 1.11. The highest BCUT2D eigenvalue weighted by Crippen LogP contribution is 2.30. The van der Waals surface area contributed by atoms with Crippen molar-refractivity contribution < 1.29 is 13.9 Å². The van der Waals surface area contributed by atoms with Gasteiger partial charge in [-0.2, -0.15) is 0 Å². The highest BCUT2D eigenvalue weighted by atomic mass is 16.5. The van der Waals surface area contributed by atoms with Crippen molar-refractivity contribution in [2.24, 2.45) is 0 Å². The monoisotopic (exact) mass is 434 g/mol. The number of piperazine rings is 1. The van der Waals surface area contributed by atoms with Gasteiger partial charge >= 0.3 is 5.63 Å². The molecule has 1 aliphatic heterocycles. The highest BCUT2D eigenvalue weighted by Gasteiger charge is 2.20. The Morgan fingerprint density at radius 1 is 1.00 bits per heavy atom. The number of para-hydroxylation sites is 2. The van der Waals surface area contributed by atoms with E-state index in [9.17, 15) is 4.79 Å². The van der Waals surface area contributed by atoms with Crippen LogP contribution in [-0.2, 0) is 12.8 Å². The van der Waals surface area contributed by atoms with E-state index in [4.69, 9.17) is 13.9 Å². The van der Waals surface area contributed by atoms with Gasteiger partial charge in [0, 0.05) is 49.7 Å². The van der Waals surface area contributed by atoms with Crippen LogP contribution in [0.3, 0.4) is 0 Å². The van der Waals surface area contributed by atoms with Gasteiger partial charge in [0.2, 0.25) is 0 Å². The standard InChI is InChI=1S/C26H30N2O4/c1-30-24-9-3-2-8-23(24)28-15-13-27(14-16-28)12-5-17-31-19-10-11-21-20-6-4-7-22(20)26(29)32-25(21)18-19/h2-3,8-11,18H,4-7,12-17H2,1H3. The third-order valence-corrected chi connectivity index (χ3v) is 6.63. The molecule has 0 spiro atoms. The quantitative estimate of drug-likeness (QED) is 0.416. The van der Waals surface area contributed by atoms with Crippen molar-refractivity contribution in [1.82, 2.24) is 4.90 Å². The van der Waals surface area contributed by atoms with Gasteiger partial charge in [0.1, 0.15) is 17.1 Å². The molecule has 1 aromatic heterocycles. The number of ether oxygens (including phenoxy) is 2. The minimum absolute atomic E-state index is 0.186. The van der Waals surface area contributed by atoms with Gasteiger partial charge in [-0.15, -0.1) is 0 Å². The summed E-state index contributed by atoms with van der Waals surface area (Å²) in [7, 11) is 1.73. The molecule has 0 radical (unpaired) electrons. The Morgan fingerprint density at radius 2 is 1.81 bits per heavy atom. The van der Waals surface area contributed by atoms with E-state index in [1.807, 2.05) is 30.3 Å². The van der Waals surface area contributed by atoms with Crippen LogP contribution in [0.4, 0.5) is 5.69 Å². The van der Waals surface area contributed by atoms with Crippen molar-refractivity contribution in [3.8, 4) is 11.5 Å². The maximum Gasteiger partial charge on any atom is 0.339 e. The van der Waals surface area contributed by atoms with E-state index in [2.05, 4.69) is 21.9 Å². The lowest BCUT2D eigenvalue weighted by Crippen LogP contribution is -2.46. The molecule has 0 atom stereocenters. The summed E-state index contributed by atoms with van der Waals surface area (Å²) in [6.07, 6.45) is 3.78. The third kappa shape index (κ3) is 4.19. The molecule has 168 valence electrons. The predicted molar refractivity (Wildman–Crippen MR) is 126 cm³/mol. The second-order valence-corrected chi connectivity index (χ2v) is 8.56. The lowest BCUT2D eigenvalue weighted by Gasteiger charge is -2.36. The Morgan fingerprint density at radius 3 is 2.66 bits per heavy atom. The summed E-state index contributed by atoms with van der Waals surface area (Å²) in [6.45, 7) is 5.71. The minimum Gasteiger partial charge on any atom is -0.495 e. The van der Waals surface area contributed by atoms with E-state index >= 15 is 0 Å². The fourth-order valence-electron chi connectivity index (χ4n) is 4.94. The van der Waals surface area contributed by atoms with Gasteiger partial charge in [-0.05, 0) is 55.5 Å². The van der Waals surface area contributed by atoms with Gasteiger partial charge in [-0.3, -0.25) is 4.90 Å². The SMILES string of the molecule is COc1ccccc1N1CCN(CCCOc2ccc3c4c(c(=O)oc3c2)CCC4)CC1. The van der Waals surface area contributed by atoms with Gasteiger partial charge in [-0.1, -0.05) is 12.1 Å². The van der Waals surface area contributed by atoms with Crippen LogP contribution in [0.15, 0.2) is 51.7 Å². The summed E-state index contributed by atoms with van der Waals surface area (Å²) in [5.74, 6) is 1.70. The lowest BCUT2D eigenvalue weighted by atomic mass is 10.1. The first kappa shape index (κ1) is 20.9. The first-order valence-corrected chi connectivity index (χ1v) is 11.5. The molecule has 0 saturated carbocycles. The number of nitrogens with zero attached hydrogens (tertiary/aromatic N) is 2. The zero-order valence-corrected chi connectivity index (χ0v) is 18.6. The van der Waals surface area contributed by atoms with E-state index in [1.165, 1.54) is 5.69 Å². The van der Waals surface area contributed by atoms with Crippen molar-refractivity contribution in [3.05, 3.63) is 64.0 Å². The molecular formula is C26H30N2O4. The molecule has 0 unspecified atom stereocenters. The average Bonchev–Trinajstić information content (AvgIpc) is 3.33. The van der Waals surface area contributed by atoms with Gasteiger partial charge in [0.05, 0.1) is 19.4 Å². The number of methoxy groups -OCH3 is 1. The first-order chi connectivity index (χ1) is 15.7. The van der Waals surface area contributed by atoms with Crippen LogP contribution in [0.5, 0.6) is 11.5 Å². The molecule has 3 aromatic rings. The molecule has 0 N–H and O–H groups in total. The van der Waals surface area contributed by atoms with Crippen LogP contribution >= 0.6 is 0 Å². The molecule has 1 fully saturated rings. The third-order valence-electron chi connectivity index (χ3n) is 6.63. The molecule has 0 amide bonds. The maximum atomic E-state index is 12.2. The largest absolute Gasteiger partial charge is 0.495 e. The number of aryl methyl sites for hydroxylation is 1. The van der Waals surface area contributed by atoms with Crippen molar-refractivity contribution >= 4 is 16.7 Å². The van der Waals surface area contributed by atoms with Crippen LogP contribution in [0.1, 0.15) is 24.0 Å². The zero-order chi connectivity index (χ0) is 21.9. The topological polar surface area (TPSA) is 55.2 Å². The van der Waals surface area contributed by atoms with E-state index in [0.29, 0.717) is 12.2 Å². The van der Waals surface area contributed by atoms with Crippen LogP contribution < -0.4 is 20.0 Å².